The SMILES string of the molecule is OC[C@@H](c1ccccc1)N1CCC[C@@H]1c1ccoc1. The first-order chi connectivity index (χ1) is 9.40. The fourth-order valence-corrected chi connectivity index (χ4v) is 3.06. The van der Waals surface area contributed by atoms with E-state index in [-0.39, 0.29) is 12.6 Å². The van der Waals surface area contributed by atoms with Crippen molar-refractivity contribution in [1.82, 2.24) is 4.90 Å². The second kappa shape index (κ2) is 5.59. The highest BCUT2D eigenvalue weighted by Gasteiger charge is 2.32. The summed E-state index contributed by atoms with van der Waals surface area (Å²) in [6.45, 7) is 1.17. The Kier molecular flexibility index (Phi) is 3.67. The van der Waals surface area contributed by atoms with Gasteiger partial charge in [-0.3, -0.25) is 4.90 Å². The molecule has 0 saturated carbocycles. The van der Waals surface area contributed by atoms with Crippen molar-refractivity contribution in [3.05, 3.63) is 60.1 Å². The van der Waals surface area contributed by atoms with Gasteiger partial charge in [-0.15, -0.1) is 0 Å². The number of nitrogens with zero attached hydrogens (tertiary/aromatic N) is 1. The van der Waals surface area contributed by atoms with Crippen LogP contribution in [-0.4, -0.2) is 23.2 Å². The summed E-state index contributed by atoms with van der Waals surface area (Å²) in [7, 11) is 0. The zero-order chi connectivity index (χ0) is 13.1. The maximum Gasteiger partial charge on any atom is 0.0950 e. The van der Waals surface area contributed by atoms with Crippen molar-refractivity contribution in [2.24, 2.45) is 0 Å². The molecule has 3 nitrogen and oxygen atoms in total. The molecule has 3 heteroatoms. The van der Waals surface area contributed by atoms with Gasteiger partial charge in [-0.05, 0) is 31.0 Å². The Morgan fingerprint density at radius 1 is 1.26 bits per heavy atom. The molecule has 0 amide bonds. The van der Waals surface area contributed by atoms with Crippen molar-refractivity contribution in [3.8, 4) is 0 Å². The Morgan fingerprint density at radius 3 is 2.79 bits per heavy atom. The molecule has 1 N–H and O–H groups in total. The fourth-order valence-electron chi connectivity index (χ4n) is 3.06. The molecule has 0 bridgehead atoms. The third-order valence-corrected chi connectivity index (χ3v) is 3.98. The third-order valence-electron chi connectivity index (χ3n) is 3.98. The first-order valence-corrected chi connectivity index (χ1v) is 6.84. The molecule has 2 atom stereocenters. The number of aliphatic hydroxyl groups is 1. The molecule has 0 aliphatic carbocycles. The highest BCUT2D eigenvalue weighted by molar-refractivity contribution is 5.22. The lowest BCUT2D eigenvalue weighted by molar-refractivity contribution is 0.112. The van der Waals surface area contributed by atoms with Crippen LogP contribution in [0.1, 0.15) is 36.1 Å². The second-order valence-corrected chi connectivity index (χ2v) is 5.06. The van der Waals surface area contributed by atoms with Gasteiger partial charge in [-0.1, -0.05) is 30.3 Å². The fraction of sp³-hybridized carbons (Fsp3) is 0.375. The van der Waals surface area contributed by atoms with Crippen molar-refractivity contribution in [2.45, 2.75) is 24.9 Å². The molecule has 100 valence electrons. The molecule has 0 unspecified atom stereocenters. The van der Waals surface area contributed by atoms with Crippen LogP contribution in [0.25, 0.3) is 0 Å². The van der Waals surface area contributed by atoms with Gasteiger partial charge in [0.15, 0.2) is 0 Å². The Balaban J connectivity index is 1.87. The van der Waals surface area contributed by atoms with Gasteiger partial charge in [-0.2, -0.15) is 0 Å². The average molecular weight is 257 g/mol. The van der Waals surface area contributed by atoms with E-state index in [1.54, 1.807) is 6.26 Å². The van der Waals surface area contributed by atoms with E-state index in [0.29, 0.717) is 6.04 Å². The molecule has 1 saturated heterocycles. The van der Waals surface area contributed by atoms with Crippen LogP contribution in [0.4, 0.5) is 0 Å². The second-order valence-electron chi connectivity index (χ2n) is 5.06. The highest BCUT2D eigenvalue weighted by atomic mass is 16.3. The summed E-state index contributed by atoms with van der Waals surface area (Å²) in [6.07, 6.45) is 5.84. The summed E-state index contributed by atoms with van der Waals surface area (Å²) < 4.78 is 5.21. The van der Waals surface area contributed by atoms with Gasteiger partial charge in [0.25, 0.3) is 0 Å². The molecular formula is C16H19NO2. The van der Waals surface area contributed by atoms with Crippen LogP contribution in [-0.2, 0) is 0 Å². The molecule has 0 radical (unpaired) electrons. The van der Waals surface area contributed by atoms with Crippen LogP contribution >= 0.6 is 0 Å². The van der Waals surface area contributed by atoms with Gasteiger partial charge in [0, 0.05) is 11.6 Å². The van der Waals surface area contributed by atoms with Crippen molar-refractivity contribution in [2.75, 3.05) is 13.2 Å². The predicted octanol–water partition coefficient (Wildman–Crippen LogP) is 3.15. The molecule has 1 aromatic heterocycles. The Labute approximate surface area is 113 Å². The molecule has 1 aliphatic heterocycles. The minimum absolute atomic E-state index is 0.0728. The molecular weight excluding hydrogens is 238 g/mol. The number of rotatable bonds is 4. The van der Waals surface area contributed by atoms with Crippen molar-refractivity contribution in [1.29, 1.82) is 0 Å². The highest BCUT2D eigenvalue weighted by Crippen LogP contribution is 2.38. The summed E-state index contributed by atoms with van der Waals surface area (Å²) in [4.78, 5) is 2.39. The van der Waals surface area contributed by atoms with Crippen LogP contribution < -0.4 is 0 Å². The number of furan rings is 1. The van der Waals surface area contributed by atoms with Gasteiger partial charge >= 0.3 is 0 Å². The van der Waals surface area contributed by atoms with Crippen molar-refractivity contribution in [3.63, 3.8) is 0 Å². The minimum Gasteiger partial charge on any atom is -0.472 e. The molecule has 2 heterocycles. The molecule has 2 aromatic rings. The number of hydrogen-bond donors (Lipinski definition) is 1. The Morgan fingerprint density at radius 2 is 2.11 bits per heavy atom. The molecule has 1 aromatic carbocycles. The van der Waals surface area contributed by atoms with Crippen molar-refractivity contribution >= 4 is 0 Å². The van der Waals surface area contributed by atoms with Gasteiger partial charge in [0.05, 0.1) is 25.2 Å². The number of likely N-dealkylation sites (tertiary alicyclic amines) is 1. The lowest BCUT2D eigenvalue weighted by Gasteiger charge is -2.31. The summed E-state index contributed by atoms with van der Waals surface area (Å²) in [5, 5.41) is 9.79. The van der Waals surface area contributed by atoms with Crippen LogP contribution in [0.5, 0.6) is 0 Å². The molecule has 19 heavy (non-hydrogen) atoms. The zero-order valence-electron chi connectivity index (χ0n) is 10.9. The van der Waals surface area contributed by atoms with E-state index < -0.39 is 0 Å². The average Bonchev–Trinajstić information content (AvgIpc) is 3.11. The maximum absolute atomic E-state index is 9.79. The van der Waals surface area contributed by atoms with Crippen LogP contribution in [0.2, 0.25) is 0 Å². The smallest absolute Gasteiger partial charge is 0.0950 e. The first kappa shape index (κ1) is 12.5. The minimum atomic E-state index is 0.0728. The predicted molar refractivity (Wildman–Crippen MR) is 73.7 cm³/mol. The number of benzene rings is 1. The van der Waals surface area contributed by atoms with Gasteiger partial charge < -0.3 is 9.52 Å². The van der Waals surface area contributed by atoms with Crippen LogP contribution in [0.15, 0.2) is 53.3 Å². The topological polar surface area (TPSA) is 36.6 Å². The Bertz CT molecular complexity index is 495. The normalized spacial score (nSPS) is 21.6. The zero-order valence-corrected chi connectivity index (χ0v) is 10.9. The van der Waals surface area contributed by atoms with E-state index in [4.69, 9.17) is 4.42 Å². The van der Waals surface area contributed by atoms with Crippen LogP contribution in [0, 0.1) is 0 Å². The largest absolute Gasteiger partial charge is 0.472 e. The number of hydrogen-bond acceptors (Lipinski definition) is 3. The molecule has 3 rings (SSSR count). The third kappa shape index (κ3) is 2.44. The van der Waals surface area contributed by atoms with E-state index in [0.717, 1.165) is 13.0 Å². The molecule has 1 aliphatic rings. The molecule has 1 fully saturated rings. The van der Waals surface area contributed by atoms with E-state index in [2.05, 4.69) is 17.0 Å². The standard InChI is InChI=1S/C16H19NO2/c18-11-16(13-5-2-1-3-6-13)17-9-4-7-15(17)14-8-10-19-12-14/h1-3,5-6,8,10,12,15-16,18H,4,7,9,11H2/t15-,16+/m1/s1. The summed E-state index contributed by atoms with van der Waals surface area (Å²) in [5.74, 6) is 0. The quantitative estimate of drug-likeness (QED) is 0.914. The van der Waals surface area contributed by atoms with E-state index >= 15 is 0 Å². The van der Waals surface area contributed by atoms with Gasteiger partial charge in [0.2, 0.25) is 0 Å². The summed E-state index contributed by atoms with van der Waals surface area (Å²) in [6, 6.07) is 12.7. The first-order valence-electron chi connectivity index (χ1n) is 6.84. The van der Waals surface area contributed by atoms with E-state index in [1.165, 1.54) is 17.5 Å². The molecule has 0 spiro atoms. The lowest BCUT2D eigenvalue weighted by atomic mass is 10.0. The van der Waals surface area contributed by atoms with Crippen molar-refractivity contribution < 1.29 is 9.52 Å². The monoisotopic (exact) mass is 257 g/mol. The lowest BCUT2D eigenvalue weighted by Crippen LogP contribution is -2.30. The summed E-state index contributed by atoms with van der Waals surface area (Å²) >= 11 is 0. The Hall–Kier alpha value is -1.58. The van der Waals surface area contributed by atoms with Crippen LogP contribution in [0.3, 0.4) is 0 Å². The maximum atomic E-state index is 9.79. The van der Waals surface area contributed by atoms with Gasteiger partial charge in [-0.25, -0.2) is 0 Å². The van der Waals surface area contributed by atoms with E-state index in [1.807, 2.05) is 30.5 Å². The summed E-state index contributed by atoms with van der Waals surface area (Å²) in [5.41, 5.74) is 2.40. The number of aliphatic hydroxyl groups excluding tert-OH is 1. The van der Waals surface area contributed by atoms with Gasteiger partial charge in [0.1, 0.15) is 0 Å². The van der Waals surface area contributed by atoms with E-state index in [9.17, 15) is 5.11 Å².